The van der Waals surface area contributed by atoms with Crippen molar-refractivity contribution in [2.45, 2.75) is 0 Å². The van der Waals surface area contributed by atoms with Gasteiger partial charge in [-0.15, -0.1) is 0 Å². The molecule has 1 amide bonds. The second-order valence-electron chi connectivity index (χ2n) is 4.63. The van der Waals surface area contributed by atoms with Crippen molar-refractivity contribution in [3.8, 4) is 17.2 Å². The molecule has 5 nitrogen and oxygen atoms in total. The average molecular weight is 320 g/mol. The first kappa shape index (κ1) is 14.5. The fraction of sp³-hybridized carbons (Fsp3) is 0.188. The monoisotopic (exact) mass is 319 g/mol. The van der Waals surface area contributed by atoms with Crippen LogP contribution in [0.5, 0.6) is 17.2 Å². The fourth-order valence-electron chi connectivity index (χ4n) is 2.01. The molecule has 0 radical (unpaired) electrons. The number of anilines is 1. The molecule has 1 aliphatic heterocycles. The summed E-state index contributed by atoms with van der Waals surface area (Å²) in [5, 5.41) is 3.09. The van der Waals surface area contributed by atoms with Crippen LogP contribution in [0.3, 0.4) is 0 Å². The highest BCUT2D eigenvalue weighted by Gasteiger charge is 2.16. The molecule has 1 aliphatic rings. The minimum atomic E-state index is -0.303. The minimum absolute atomic E-state index is 0.102. The maximum Gasteiger partial charge on any atom is 0.262 e. The van der Waals surface area contributed by atoms with Gasteiger partial charge in [0.15, 0.2) is 18.1 Å². The van der Waals surface area contributed by atoms with Crippen LogP contribution < -0.4 is 19.5 Å². The lowest BCUT2D eigenvalue weighted by atomic mass is 10.2. The summed E-state index contributed by atoms with van der Waals surface area (Å²) in [6.45, 7) is 0.855. The number of amides is 1. The molecule has 0 aromatic heterocycles. The molecule has 114 valence electrons. The molecule has 1 heterocycles. The first-order valence-corrected chi connectivity index (χ1v) is 7.17. The Hall–Kier alpha value is -2.40. The highest BCUT2D eigenvalue weighted by Crippen LogP contribution is 2.37. The predicted molar refractivity (Wildman–Crippen MR) is 83.0 cm³/mol. The van der Waals surface area contributed by atoms with Gasteiger partial charge in [0.1, 0.15) is 19.0 Å². The second-order valence-corrected chi connectivity index (χ2v) is 5.03. The van der Waals surface area contributed by atoms with Crippen LogP contribution in [0.1, 0.15) is 0 Å². The van der Waals surface area contributed by atoms with Crippen molar-refractivity contribution in [1.82, 2.24) is 0 Å². The maximum absolute atomic E-state index is 11.9. The van der Waals surface area contributed by atoms with Crippen molar-refractivity contribution in [3.05, 3.63) is 47.5 Å². The van der Waals surface area contributed by atoms with Crippen LogP contribution in [0.4, 0.5) is 5.69 Å². The molecule has 0 unspecified atom stereocenters. The molecule has 0 bridgehead atoms. The van der Waals surface area contributed by atoms with Gasteiger partial charge < -0.3 is 19.5 Å². The molecule has 0 saturated heterocycles. The Balaban J connectivity index is 1.64. The molecular weight excluding hydrogens is 306 g/mol. The van der Waals surface area contributed by atoms with Gasteiger partial charge in [-0.1, -0.05) is 29.8 Å². The Morgan fingerprint density at radius 3 is 2.55 bits per heavy atom. The molecule has 2 aromatic carbocycles. The van der Waals surface area contributed by atoms with Crippen LogP contribution in [-0.4, -0.2) is 25.7 Å². The number of nitrogens with one attached hydrogen (secondary N) is 1. The summed E-state index contributed by atoms with van der Waals surface area (Å²) in [6, 6.07) is 12.4. The predicted octanol–water partition coefficient (Wildman–Crippen LogP) is 3.13. The zero-order valence-electron chi connectivity index (χ0n) is 11.7. The van der Waals surface area contributed by atoms with E-state index in [4.69, 9.17) is 25.8 Å². The largest absolute Gasteiger partial charge is 0.486 e. The van der Waals surface area contributed by atoms with Gasteiger partial charge in [0.2, 0.25) is 0 Å². The summed E-state index contributed by atoms with van der Waals surface area (Å²) in [7, 11) is 0. The lowest BCUT2D eigenvalue weighted by Crippen LogP contribution is -2.21. The van der Waals surface area contributed by atoms with Crippen molar-refractivity contribution < 1.29 is 19.0 Å². The molecule has 22 heavy (non-hydrogen) atoms. The number of carbonyl (C=O) groups excluding carboxylic acids is 1. The number of benzene rings is 2. The lowest BCUT2D eigenvalue weighted by molar-refractivity contribution is -0.118. The molecule has 6 heteroatoms. The van der Waals surface area contributed by atoms with E-state index < -0.39 is 0 Å². The Bertz CT molecular complexity index is 675. The van der Waals surface area contributed by atoms with E-state index in [1.165, 1.54) is 0 Å². The quantitative estimate of drug-likeness (QED) is 0.940. The summed E-state index contributed by atoms with van der Waals surface area (Å²) in [4.78, 5) is 11.9. The summed E-state index contributed by atoms with van der Waals surface area (Å²) >= 11 is 6.13. The van der Waals surface area contributed by atoms with E-state index >= 15 is 0 Å². The molecule has 1 N–H and O–H groups in total. The van der Waals surface area contributed by atoms with Gasteiger partial charge in [0.25, 0.3) is 5.91 Å². The highest BCUT2D eigenvalue weighted by atomic mass is 35.5. The zero-order chi connectivity index (χ0) is 15.4. The Morgan fingerprint density at radius 2 is 1.82 bits per heavy atom. The standard InChI is InChI=1S/C16H14ClNO4/c17-12-8-14-15(21-7-6-20-14)9-13(12)18-16(19)10-22-11-4-2-1-3-5-11/h1-5,8-9H,6-7,10H2,(H,18,19). The number of para-hydroxylation sites is 1. The van der Waals surface area contributed by atoms with Crippen LogP contribution in [0.2, 0.25) is 5.02 Å². The summed E-state index contributed by atoms with van der Waals surface area (Å²) in [6.07, 6.45) is 0. The number of rotatable bonds is 4. The van der Waals surface area contributed by atoms with Crippen LogP contribution in [-0.2, 0) is 4.79 Å². The number of fused-ring (bicyclic) bond motifs is 1. The molecule has 0 atom stereocenters. The molecule has 0 aliphatic carbocycles. The SMILES string of the molecule is O=C(COc1ccccc1)Nc1cc2c(cc1Cl)OCCO2. The third kappa shape index (κ3) is 3.43. The highest BCUT2D eigenvalue weighted by molar-refractivity contribution is 6.34. The Labute approximate surface area is 132 Å². The van der Waals surface area contributed by atoms with Gasteiger partial charge in [0, 0.05) is 12.1 Å². The smallest absolute Gasteiger partial charge is 0.262 e. The van der Waals surface area contributed by atoms with Crippen LogP contribution in [0.15, 0.2) is 42.5 Å². The van der Waals surface area contributed by atoms with Gasteiger partial charge in [-0.05, 0) is 12.1 Å². The van der Waals surface area contributed by atoms with E-state index in [0.717, 1.165) is 0 Å². The molecule has 3 rings (SSSR count). The Kier molecular flexibility index (Phi) is 4.34. The number of hydrogen-bond donors (Lipinski definition) is 1. The van der Waals surface area contributed by atoms with Crippen molar-refractivity contribution in [1.29, 1.82) is 0 Å². The van der Waals surface area contributed by atoms with E-state index in [1.807, 2.05) is 18.2 Å². The van der Waals surface area contributed by atoms with E-state index in [2.05, 4.69) is 5.32 Å². The first-order valence-electron chi connectivity index (χ1n) is 6.79. The Morgan fingerprint density at radius 1 is 1.14 bits per heavy atom. The average Bonchev–Trinajstić information content (AvgIpc) is 2.55. The van der Waals surface area contributed by atoms with E-state index in [1.54, 1.807) is 24.3 Å². The summed E-state index contributed by atoms with van der Waals surface area (Å²) < 4.78 is 16.3. The third-order valence-electron chi connectivity index (χ3n) is 3.02. The number of halogens is 1. The minimum Gasteiger partial charge on any atom is -0.486 e. The topological polar surface area (TPSA) is 56.8 Å². The van der Waals surface area contributed by atoms with Gasteiger partial charge >= 0.3 is 0 Å². The zero-order valence-corrected chi connectivity index (χ0v) is 12.4. The molecular formula is C16H14ClNO4. The molecule has 0 spiro atoms. The maximum atomic E-state index is 11.9. The second kappa shape index (κ2) is 6.58. The summed E-state index contributed by atoms with van der Waals surface area (Å²) in [5.41, 5.74) is 0.465. The number of hydrogen-bond acceptors (Lipinski definition) is 4. The van der Waals surface area contributed by atoms with Gasteiger partial charge in [-0.2, -0.15) is 0 Å². The van der Waals surface area contributed by atoms with Gasteiger partial charge in [-0.3, -0.25) is 4.79 Å². The van der Waals surface area contributed by atoms with Crippen LogP contribution in [0.25, 0.3) is 0 Å². The van der Waals surface area contributed by atoms with E-state index in [9.17, 15) is 4.79 Å². The first-order chi connectivity index (χ1) is 10.7. The summed E-state index contributed by atoms with van der Waals surface area (Å²) in [5.74, 6) is 1.47. The number of ether oxygens (including phenoxy) is 3. The molecule has 2 aromatic rings. The molecule has 0 fully saturated rings. The fourth-order valence-corrected chi connectivity index (χ4v) is 2.21. The third-order valence-corrected chi connectivity index (χ3v) is 3.33. The van der Waals surface area contributed by atoms with Crippen LogP contribution in [0, 0.1) is 0 Å². The van der Waals surface area contributed by atoms with E-state index in [-0.39, 0.29) is 12.5 Å². The van der Waals surface area contributed by atoms with Crippen molar-refractivity contribution >= 4 is 23.2 Å². The van der Waals surface area contributed by atoms with Crippen molar-refractivity contribution in [2.24, 2.45) is 0 Å². The number of carbonyl (C=O) groups is 1. The van der Waals surface area contributed by atoms with Gasteiger partial charge in [0.05, 0.1) is 10.7 Å². The van der Waals surface area contributed by atoms with Crippen LogP contribution >= 0.6 is 11.6 Å². The van der Waals surface area contributed by atoms with E-state index in [0.29, 0.717) is 41.2 Å². The van der Waals surface area contributed by atoms with Crippen molar-refractivity contribution in [3.63, 3.8) is 0 Å². The normalized spacial score (nSPS) is 12.6. The molecule has 0 saturated carbocycles. The van der Waals surface area contributed by atoms with Crippen molar-refractivity contribution in [2.75, 3.05) is 25.1 Å². The van der Waals surface area contributed by atoms with Gasteiger partial charge in [-0.25, -0.2) is 0 Å². The lowest BCUT2D eigenvalue weighted by Gasteiger charge is -2.20.